The average molecular weight is 285 g/mol. The van der Waals surface area contributed by atoms with E-state index in [2.05, 4.69) is 49.0 Å². The van der Waals surface area contributed by atoms with Crippen LogP contribution in [-0.2, 0) is 0 Å². The van der Waals surface area contributed by atoms with Gasteiger partial charge in [-0.15, -0.1) is 0 Å². The number of hydrogen-bond donors (Lipinski definition) is 1. The second kappa shape index (κ2) is 6.57. The zero-order valence-corrected chi connectivity index (χ0v) is 13.4. The summed E-state index contributed by atoms with van der Waals surface area (Å²) in [5, 5.41) is 3.28. The monoisotopic (exact) mass is 285 g/mol. The molecular weight excluding hydrogens is 262 g/mol. The van der Waals surface area contributed by atoms with E-state index < -0.39 is 0 Å². The summed E-state index contributed by atoms with van der Waals surface area (Å²) < 4.78 is 6.05. The van der Waals surface area contributed by atoms with Crippen LogP contribution in [0, 0.1) is 13.8 Å². The molecule has 0 bridgehead atoms. The van der Waals surface area contributed by atoms with Crippen molar-refractivity contribution in [2.45, 2.75) is 40.5 Å². The summed E-state index contributed by atoms with van der Waals surface area (Å²) in [7, 11) is 0. The molecule has 0 aliphatic rings. The Hall–Kier alpha value is -2.10. The van der Waals surface area contributed by atoms with Crippen LogP contribution in [0.4, 0.5) is 5.82 Å². The van der Waals surface area contributed by atoms with Gasteiger partial charge in [0, 0.05) is 6.54 Å². The van der Waals surface area contributed by atoms with Crippen molar-refractivity contribution in [3.8, 4) is 11.6 Å². The lowest BCUT2D eigenvalue weighted by Crippen LogP contribution is -2.07. The lowest BCUT2D eigenvalue weighted by molar-refractivity contribution is 0.448. The Kier molecular flexibility index (Phi) is 4.78. The minimum Gasteiger partial charge on any atom is -0.438 e. The maximum atomic E-state index is 6.05. The first-order valence-corrected chi connectivity index (χ1v) is 7.36. The molecule has 112 valence electrons. The van der Waals surface area contributed by atoms with Crippen molar-refractivity contribution in [2.75, 3.05) is 11.9 Å². The topological polar surface area (TPSA) is 47.0 Å². The zero-order valence-electron chi connectivity index (χ0n) is 13.4. The molecule has 0 saturated carbocycles. The molecule has 1 aromatic carbocycles. The molecule has 0 aliphatic heterocycles. The molecule has 1 N–H and O–H groups in total. The number of rotatable bonds is 5. The van der Waals surface area contributed by atoms with Crippen LogP contribution < -0.4 is 10.1 Å². The highest BCUT2D eigenvalue weighted by Gasteiger charge is 2.17. The Labute approximate surface area is 126 Å². The summed E-state index contributed by atoms with van der Waals surface area (Å²) in [5.41, 5.74) is 3.34. The van der Waals surface area contributed by atoms with E-state index >= 15 is 0 Å². The Morgan fingerprint density at radius 1 is 1.19 bits per heavy atom. The molecule has 1 heterocycles. The smallest absolute Gasteiger partial charge is 0.227 e. The molecule has 2 rings (SSSR count). The fourth-order valence-electron chi connectivity index (χ4n) is 2.31. The number of nitrogens with one attached hydrogen (secondary N) is 1. The molecule has 0 atom stereocenters. The maximum Gasteiger partial charge on any atom is 0.227 e. The van der Waals surface area contributed by atoms with Crippen molar-refractivity contribution in [3.05, 3.63) is 41.2 Å². The average Bonchev–Trinajstić information content (AvgIpc) is 2.42. The quantitative estimate of drug-likeness (QED) is 0.882. The zero-order chi connectivity index (χ0) is 15.4. The van der Waals surface area contributed by atoms with Crippen LogP contribution in [0.2, 0.25) is 0 Å². The molecule has 4 nitrogen and oxygen atoms in total. The van der Waals surface area contributed by atoms with Crippen molar-refractivity contribution in [3.63, 3.8) is 0 Å². The van der Waals surface area contributed by atoms with Gasteiger partial charge >= 0.3 is 0 Å². The standard InChI is InChI=1S/C17H23N3O/c1-6-18-16-15(11(2)3)17(20-10-19-16)21-14-8-7-12(4)9-13(14)5/h7-11H,6H2,1-5H3,(H,18,19,20). The molecule has 2 aromatic rings. The summed E-state index contributed by atoms with van der Waals surface area (Å²) >= 11 is 0. The first-order chi connectivity index (χ1) is 10.0. The number of ether oxygens (including phenoxy) is 1. The molecule has 0 saturated heterocycles. The van der Waals surface area contributed by atoms with Crippen LogP contribution in [-0.4, -0.2) is 16.5 Å². The molecule has 0 spiro atoms. The van der Waals surface area contributed by atoms with Crippen LogP contribution >= 0.6 is 0 Å². The van der Waals surface area contributed by atoms with Crippen molar-refractivity contribution < 1.29 is 4.74 Å². The Balaban J connectivity index is 2.41. The molecule has 4 heteroatoms. The Morgan fingerprint density at radius 3 is 2.57 bits per heavy atom. The van der Waals surface area contributed by atoms with Gasteiger partial charge in [-0.2, -0.15) is 0 Å². The number of anilines is 1. The van der Waals surface area contributed by atoms with E-state index in [9.17, 15) is 0 Å². The largest absolute Gasteiger partial charge is 0.438 e. The summed E-state index contributed by atoms with van der Waals surface area (Å²) in [4.78, 5) is 8.65. The lowest BCUT2D eigenvalue weighted by atomic mass is 10.1. The summed E-state index contributed by atoms with van der Waals surface area (Å²) in [5.74, 6) is 2.59. The minimum atomic E-state index is 0.279. The third-order valence-electron chi connectivity index (χ3n) is 3.31. The Morgan fingerprint density at radius 2 is 1.95 bits per heavy atom. The van der Waals surface area contributed by atoms with Crippen LogP contribution in [0.3, 0.4) is 0 Å². The highest BCUT2D eigenvalue weighted by Crippen LogP contribution is 2.34. The summed E-state index contributed by atoms with van der Waals surface area (Å²) in [6.45, 7) is 11.2. The molecule has 0 radical (unpaired) electrons. The van der Waals surface area contributed by atoms with E-state index in [0.29, 0.717) is 5.88 Å². The van der Waals surface area contributed by atoms with Crippen LogP contribution in [0.25, 0.3) is 0 Å². The first kappa shape index (κ1) is 15.3. The van der Waals surface area contributed by atoms with Gasteiger partial charge in [0.25, 0.3) is 0 Å². The van der Waals surface area contributed by atoms with Crippen LogP contribution in [0.15, 0.2) is 24.5 Å². The van der Waals surface area contributed by atoms with Gasteiger partial charge in [-0.3, -0.25) is 0 Å². The van der Waals surface area contributed by atoms with Crippen LogP contribution in [0.5, 0.6) is 11.6 Å². The lowest BCUT2D eigenvalue weighted by Gasteiger charge is -2.17. The summed E-state index contributed by atoms with van der Waals surface area (Å²) in [6, 6.07) is 6.14. The SMILES string of the molecule is CCNc1ncnc(Oc2ccc(C)cc2C)c1C(C)C. The predicted molar refractivity (Wildman–Crippen MR) is 86.3 cm³/mol. The van der Waals surface area contributed by atoms with E-state index in [4.69, 9.17) is 4.74 Å². The molecule has 1 aromatic heterocycles. The second-order valence-corrected chi connectivity index (χ2v) is 5.50. The van der Waals surface area contributed by atoms with E-state index in [1.807, 2.05) is 19.1 Å². The Bertz CT molecular complexity index is 623. The van der Waals surface area contributed by atoms with Gasteiger partial charge in [0.05, 0.1) is 5.56 Å². The van der Waals surface area contributed by atoms with Gasteiger partial charge in [0.1, 0.15) is 17.9 Å². The van der Waals surface area contributed by atoms with Crippen molar-refractivity contribution in [1.29, 1.82) is 0 Å². The van der Waals surface area contributed by atoms with E-state index in [-0.39, 0.29) is 5.92 Å². The molecule has 0 amide bonds. The number of benzene rings is 1. The highest BCUT2D eigenvalue weighted by molar-refractivity contribution is 5.52. The van der Waals surface area contributed by atoms with Gasteiger partial charge in [-0.05, 0) is 38.3 Å². The van der Waals surface area contributed by atoms with E-state index in [1.54, 1.807) is 6.33 Å². The predicted octanol–water partition coefficient (Wildman–Crippen LogP) is 4.44. The van der Waals surface area contributed by atoms with Crippen molar-refractivity contribution in [2.24, 2.45) is 0 Å². The van der Waals surface area contributed by atoms with Crippen LogP contribution in [0.1, 0.15) is 43.4 Å². The van der Waals surface area contributed by atoms with E-state index in [0.717, 1.165) is 29.2 Å². The molecular formula is C17H23N3O. The van der Waals surface area contributed by atoms with Crippen molar-refractivity contribution >= 4 is 5.82 Å². The maximum absolute atomic E-state index is 6.05. The molecule has 0 aliphatic carbocycles. The minimum absolute atomic E-state index is 0.279. The second-order valence-electron chi connectivity index (χ2n) is 5.50. The third kappa shape index (κ3) is 3.51. The fourth-order valence-corrected chi connectivity index (χ4v) is 2.31. The van der Waals surface area contributed by atoms with Crippen molar-refractivity contribution in [1.82, 2.24) is 9.97 Å². The van der Waals surface area contributed by atoms with Gasteiger partial charge in [-0.1, -0.05) is 31.5 Å². The first-order valence-electron chi connectivity index (χ1n) is 7.36. The number of aromatic nitrogens is 2. The molecule has 0 unspecified atom stereocenters. The number of aryl methyl sites for hydroxylation is 2. The van der Waals surface area contributed by atoms with Gasteiger partial charge in [0.15, 0.2) is 0 Å². The van der Waals surface area contributed by atoms with Gasteiger partial charge < -0.3 is 10.1 Å². The summed E-state index contributed by atoms with van der Waals surface area (Å²) in [6.07, 6.45) is 1.54. The third-order valence-corrected chi connectivity index (χ3v) is 3.31. The van der Waals surface area contributed by atoms with Gasteiger partial charge in [-0.25, -0.2) is 9.97 Å². The number of nitrogens with zero attached hydrogens (tertiary/aromatic N) is 2. The number of hydrogen-bond acceptors (Lipinski definition) is 4. The fraction of sp³-hybridized carbons (Fsp3) is 0.412. The molecule has 0 fully saturated rings. The molecule has 21 heavy (non-hydrogen) atoms. The van der Waals surface area contributed by atoms with E-state index in [1.165, 1.54) is 5.56 Å². The van der Waals surface area contributed by atoms with Gasteiger partial charge in [0.2, 0.25) is 5.88 Å². The normalized spacial score (nSPS) is 10.8. The highest BCUT2D eigenvalue weighted by atomic mass is 16.5.